The minimum absolute atomic E-state index is 0.0645. The summed E-state index contributed by atoms with van der Waals surface area (Å²) in [7, 11) is 0. The van der Waals surface area contributed by atoms with Crippen LogP contribution >= 0.6 is 0 Å². The molecule has 1 aromatic heterocycles. The van der Waals surface area contributed by atoms with Crippen LogP contribution in [0.15, 0.2) is 40.9 Å². The van der Waals surface area contributed by atoms with Crippen molar-refractivity contribution in [1.29, 1.82) is 0 Å². The number of carbonyl (C=O) groups excluding carboxylic acids is 1. The van der Waals surface area contributed by atoms with E-state index in [0.29, 0.717) is 24.2 Å². The molecule has 6 atom stereocenters. The highest BCUT2D eigenvalue weighted by Gasteiger charge is 2.58. The topological polar surface area (TPSA) is 125 Å². The fourth-order valence-corrected chi connectivity index (χ4v) is 6.43. The predicted molar refractivity (Wildman–Crippen MR) is 120 cm³/mol. The molecule has 1 aromatic rings. The zero-order valence-corrected chi connectivity index (χ0v) is 18.8. The van der Waals surface area contributed by atoms with Crippen LogP contribution in [0.3, 0.4) is 0 Å². The Morgan fingerprint density at radius 2 is 2.16 bits per heavy atom. The van der Waals surface area contributed by atoms with Gasteiger partial charge in [-0.25, -0.2) is 14.6 Å². The average molecular weight is 444 g/mol. The molecule has 0 saturated heterocycles. The van der Waals surface area contributed by atoms with Gasteiger partial charge in [0.05, 0.1) is 24.3 Å². The highest BCUT2D eigenvalue weighted by atomic mass is 16.5. The number of aliphatic hydroxyl groups is 2. The molecule has 2 saturated carbocycles. The molecule has 1 aliphatic heterocycles. The molecule has 2 unspecified atom stereocenters. The molecule has 174 valence electrons. The molecule has 4 N–H and O–H groups in total. The van der Waals surface area contributed by atoms with Crippen molar-refractivity contribution >= 4 is 11.8 Å². The summed E-state index contributed by atoms with van der Waals surface area (Å²) < 4.78 is 5.18. The number of aliphatic hydroxyl groups excluding tert-OH is 2. The van der Waals surface area contributed by atoms with Crippen molar-refractivity contribution in [1.82, 2.24) is 9.97 Å². The number of nitrogens with zero attached hydrogens (tertiary/aromatic N) is 1. The first-order valence-corrected chi connectivity index (χ1v) is 11.3. The van der Waals surface area contributed by atoms with Crippen molar-refractivity contribution in [3.63, 3.8) is 0 Å². The van der Waals surface area contributed by atoms with Gasteiger partial charge < -0.3 is 20.3 Å². The third kappa shape index (κ3) is 3.79. The smallest absolute Gasteiger partial charge is 0.346 e. The zero-order valence-electron chi connectivity index (χ0n) is 18.8. The first kappa shape index (κ1) is 22.7. The second-order valence-electron chi connectivity index (χ2n) is 10.0. The van der Waals surface area contributed by atoms with Crippen LogP contribution in [0.4, 0.5) is 5.82 Å². The fourth-order valence-electron chi connectivity index (χ4n) is 6.43. The standard InChI is InChI=1S/C24H33N3O5/c1-14-4-5-18-23(2,9-6-19(29)24(18,3)13-28)16(14)12-17(15-8-11-32-21(15)30)26-20-7-10-25-22(31)27-20/h7-8,10,16-19,28-29H,1,4-6,9,11-13H2,2-3H3,(H2,25,26,27,31)/t16-,17?,18?,19+,23+,24-/m0/s1. The Morgan fingerprint density at radius 3 is 2.81 bits per heavy atom. The predicted octanol–water partition coefficient (Wildman–Crippen LogP) is 2.17. The molecule has 0 radical (unpaired) electrons. The van der Waals surface area contributed by atoms with E-state index >= 15 is 0 Å². The highest BCUT2D eigenvalue weighted by Crippen LogP contribution is 2.62. The van der Waals surface area contributed by atoms with E-state index in [4.69, 9.17) is 4.74 Å². The molecule has 8 heteroatoms. The van der Waals surface area contributed by atoms with Crippen LogP contribution < -0.4 is 11.0 Å². The number of anilines is 1. The number of H-pyrrole nitrogens is 1. The monoisotopic (exact) mass is 443 g/mol. The lowest BCUT2D eigenvalue weighted by Crippen LogP contribution is -2.58. The number of rotatable bonds is 6. The van der Waals surface area contributed by atoms with Gasteiger partial charge in [0.2, 0.25) is 0 Å². The molecule has 4 rings (SSSR count). The molecule has 3 aliphatic rings. The third-order valence-corrected chi connectivity index (χ3v) is 8.30. The van der Waals surface area contributed by atoms with E-state index in [-0.39, 0.29) is 42.5 Å². The van der Waals surface area contributed by atoms with E-state index in [0.717, 1.165) is 24.8 Å². The molecule has 8 nitrogen and oxygen atoms in total. The van der Waals surface area contributed by atoms with Crippen LogP contribution in [0, 0.1) is 22.7 Å². The van der Waals surface area contributed by atoms with Gasteiger partial charge in [-0.15, -0.1) is 0 Å². The van der Waals surface area contributed by atoms with Crippen LogP contribution in [-0.4, -0.2) is 51.5 Å². The Labute approximate surface area is 187 Å². The van der Waals surface area contributed by atoms with Crippen molar-refractivity contribution in [2.45, 2.75) is 58.1 Å². The van der Waals surface area contributed by atoms with Gasteiger partial charge in [0.25, 0.3) is 0 Å². The quantitative estimate of drug-likeness (QED) is 0.392. The Kier molecular flexibility index (Phi) is 6.02. The van der Waals surface area contributed by atoms with E-state index in [1.165, 1.54) is 6.20 Å². The first-order valence-electron chi connectivity index (χ1n) is 11.3. The number of cyclic esters (lactones) is 1. The molecule has 0 bridgehead atoms. The molecule has 0 amide bonds. The van der Waals surface area contributed by atoms with E-state index < -0.39 is 17.2 Å². The van der Waals surface area contributed by atoms with Gasteiger partial charge in [-0.2, -0.15) is 0 Å². The van der Waals surface area contributed by atoms with Gasteiger partial charge in [0, 0.05) is 11.6 Å². The van der Waals surface area contributed by atoms with Gasteiger partial charge in [0.15, 0.2) is 0 Å². The number of hydrogen-bond acceptors (Lipinski definition) is 7. The van der Waals surface area contributed by atoms with Crippen LogP contribution in [0.5, 0.6) is 0 Å². The number of esters is 1. The van der Waals surface area contributed by atoms with Gasteiger partial charge in [-0.1, -0.05) is 26.0 Å². The van der Waals surface area contributed by atoms with Crippen molar-refractivity contribution in [3.8, 4) is 0 Å². The summed E-state index contributed by atoms with van der Waals surface area (Å²) in [6.45, 7) is 8.78. The second kappa shape index (κ2) is 8.48. The lowest BCUT2D eigenvalue weighted by molar-refractivity contribution is -0.152. The normalized spacial score (nSPS) is 35.6. The summed E-state index contributed by atoms with van der Waals surface area (Å²) in [6, 6.07) is 1.28. The number of nitrogens with one attached hydrogen (secondary N) is 2. The maximum atomic E-state index is 12.4. The summed E-state index contributed by atoms with van der Waals surface area (Å²) >= 11 is 0. The molecule has 0 spiro atoms. The van der Waals surface area contributed by atoms with Crippen LogP contribution in [0.25, 0.3) is 0 Å². The Balaban J connectivity index is 1.68. The van der Waals surface area contributed by atoms with Gasteiger partial charge >= 0.3 is 11.7 Å². The Morgan fingerprint density at radius 1 is 1.38 bits per heavy atom. The number of fused-ring (bicyclic) bond motifs is 1. The SMILES string of the molecule is C=C1CCC2[C@](C)(CO)[C@H](O)CC[C@]2(C)[C@H]1CC(Nc1ccnc(=O)[nH]1)C1=CCOC1=O. The van der Waals surface area contributed by atoms with Crippen molar-refractivity contribution in [2.24, 2.45) is 22.7 Å². The van der Waals surface area contributed by atoms with Crippen LogP contribution in [0.2, 0.25) is 0 Å². The molecule has 0 aromatic carbocycles. The minimum Gasteiger partial charge on any atom is -0.458 e. The average Bonchev–Trinajstić information content (AvgIpc) is 3.19. The molecule has 2 aliphatic carbocycles. The number of allylic oxidation sites excluding steroid dienone is 1. The van der Waals surface area contributed by atoms with E-state index in [9.17, 15) is 19.8 Å². The largest absolute Gasteiger partial charge is 0.458 e. The zero-order chi connectivity index (χ0) is 23.1. The van der Waals surface area contributed by atoms with E-state index in [1.54, 1.807) is 12.1 Å². The van der Waals surface area contributed by atoms with E-state index in [1.807, 2.05) is 6.92 Å². The number of hydrogen-bond donors (Lipinski definition) is 4. The van der Waals surface area contributed by atoms with Gasteiger partial charge in [-0.3, -0.25) is 4.98 Å². The van der Waals surface area contributed by atoms with Crippen LogP contribution in [-0.2, 0) is 9.53 Å². The fraction of sp³-hybridized carbons (Fsp3) is 0.625. The van der Waals surface area contributed by atoms with Gasteiger partial charge in [0.1, 0.15) is 12.4 Å². The van der Waals surface area contributed by atoms with Crippen molar-refractivity contribution in [3.05, 3.63) is 46.5 Å². The lowest BCUT2D eigenvalue weighted by atomic mass is 9.46. The maximum Gasteiger partial charge on any atom is 0.346 e. The number of aromatic nitrogens is 2. The Hall–Kier alpha value is -2.45. The van der Waals surface area contributed by atoms with Crippen molar-refractivity contribution in [2.75, 3.05) is 18.5 Å². The molecule has 32 heavy (non-hydrogen) atoms. The summed E-state index contributed by atoms with van der Waals surface area (Å²) in [5, 5.41) is 24.3. The summed E-state index contributed by atoms with van der Waals surface area (Å²) in [6.07, 6.45) is 6.39. The summed E-state index contributed by atoms with van der Waals surface area (Å²) in [5.74, 6) is 0.324. The Bertz CT molecular complexity index is 988. The van der Waals surface area contributed by atoms with Crippen LogP contribution in [0.1, 0.15) is 46.0 Å². The molecule has 2 fully saturated rings. The number of ether oxygens (including phenoxy) is 1. The maximum absolute atomic E-state index is 12.4. The second-order valence-corrected chi connectivity index (χ2v) is 10.0. The highest BCUT2D eigenvalue weighted by molar-refractivity contribution is 5.92. The summed E-state index contributed by atoms with van der Waals surface area (Å²) in [4.78, 5) is 30.5. The molecule has 2 heterocycles. The first-order chi connectivity index (χ1) is 15.2. The van der Waals surface area contributed by atoms with Crippen molar-refractivity contribution < 1.29 is 19.7 Å². The number of carbonyl (C=O) groups is 1. The van der Waals surface area contributed by atoms with E-state index in [2.05, 4.69) is 28.8 Å². The summed E-state index contributed by atoms with van der Waals surface area (Å²) in [5.41, 5.74) is 0.451. The number of aromatic amines is 1. The molecular formula is C24H33N3O5. The molecular weight excluding hydrogens is 410 g/mol. The lowest BCUT2D eigenvalue weighted by Gasteiger charge is -2.60. The third-order valence-electron chi connectivity index (χ3n) is 8.30. The minimum atomic E-state index is -0.573. The van der Waals surface area contributed by atoms with Gasteiger partial charge in [-0.05, 0) is 61.5 Å².